The third-order valence-electron chi connectivity index (χ3n) is 2.74. The highest BCUT2D eigenvalue weighted by molar-refractivity contribution is 7.98. The van der Waals surface area contributed by atoms with Crippen LogP contribution in [-0.4, -0.2) is 32.6 Å². The summed E-state index contributed by atoms with van der Waals surface area (Å²) in [7, 11) is 0. The zero-order chi connectivity index (χ0) is 14.1. The Hall–Kier alpha value is -0.810. The molecule has 0 aromatic heterocycles. The van der Waals surface area contributed by atoms with Gasteiger partial charge in [0.15, 0.2) is 0 Å². The Balaban J connectivity index is 2.37. The molecule has 0 amide bonds. The molecular formula is C15H24N2OS. The first-order valence-electron chi connectivity index (χ1n) is 6.47. The number of hydrogen-bond donors (Lipinski definition) is 2. The Bertz CT molecular complexity index is 378. The van der Waals surface area contributed by atoms with Crippen LogP contribution in [0, 0.1) is 0 Å². The van der Waals surface area contributed by atoms with Crippen LogP contribution < -0.4 is 11.1 Å². The van der Waals surface area contributed by atoms with Crippen molar-refractivity contribution in [2.75, 3.05) is 32.6 Å². The van der Waals surface area contributed by atoms with E-state index in [1.807, 2.05) is 6.92 Å². The van der Waals surface area contributed by atoms with E-state index in [2.05, 4.69) is 42.4 Å². The molecule has 0 bridgehead atoms. The lowest BCUT2D eigenvalue weighted by atomic mass is 10.1. The molecule has 0 saturated heterocycles. The van der Waals surface area contributed by atoms with E-state index in [1.165, 1.54) is 10.5 Å². The van der Waals surface area contributed by atoms with Gasteiger partial charge in [0.25, 0.3) is 0 Å². The lowest BCUT2D eigenvalue weighted by molar-refractivity contribution is 0.155. The van der Waals surface area contributed by atoms with Crippen LogP contribution in [0.1, 0.15) is 18.5 Å². The number of ether oxygens (including phenoxy) is 1. The lowest BCUT2D eigenvalue weighted by Crippen LogP contribution is -2.31. The predicted molar refractivity (Wildman–Crippen MR) is 83.7 cm³/mol. The number of hydrogen-bond acceptors (Lipinski definition) is 4. The average Bonchev–Trinajstić information content (AvgIpc) is 2.43. The van der Waals surface area contributed by atoms with E-state index in [1.54, 1.807) is 11.8 Å². The maximum Gasteiger partial charge on any atom is 0.0672 e. The van der Waals surface area contributed by atoms with Crippen LogP contribution in [0.3, 0.4) is 0 Å². The Morgan fingerprint density at radius 3 is 2.63 bits per heavy atom. The van der Waals surface area contributed by atoms with Crippen LogP contribution in [0.4, 0.5) is 0 Å². The SMILES string of the molecule is C=C(C)COCCNC(CN)c1ccc(SC)cc1. The fourth-order valence-electron chi connectivity index (χ4n) is 1.73. The van der Waals surface area contributed by atoms with Crippen LogP contribution in [0.5, 0.6) is 0 Å². The van der Waals surface area contributed by atoms with Gasteiger partial charge in [-0.15, -0.1) is 11.8 Å². The topological polar surface area (TPSA) is 47.3 Å². The smallest absolute Gasteiger partial charge is 0.0672 e. The van der Waals surface area contributed by atoms with Crippen LogP contribution >= 0.6 is 11.8 Å². The molecular weight excluding hydrogens is 256 g/mol. The Morgan fingerprint density at radius 1 is 1.42 bits per heavy atom. The van der Waals surface area contributed by atoms with Crippen molar-refractivity contribution in [3.8, 4) is 0 Å². The minimum atomic E-state index is 0.185. The monoisotopic (exact) mass is 280 g/mol. The van der Waals surface area contributed by atoms with Crippen molar-refractivity contribution in [3.63, 3.8) is 0 Å². The normalized spacial score (nSPS) is 12.4. The van der Waals surface area contributed by atoms with Crippen molar-refractivity contribution in [2.24, 2.45) is 5.73 Å². The third-order valence-corrected chi connectivity index (χ3v) is 3.48. The van der Waals surface area contributed by atoms with Crippen molar-refractivity contribution < 1.29 is 4.74 Å². The average molecular weight is 280 g/mol. The van der Waals surface area contributed by atoms with E-state index in [9.17, 15) is 0 Å². The molecule has 0 saturated carbocycles. The lowest BCUT2D eigenvalue weighted by Gasteiger charge is -2.17. The number of thioether (sulfide) groups is 1. The molecule has 0 fully saturated rings. The minimum Gasteiger partial charge on any atom is -0.376 e. The zero-order valence-corrected chi connectivity index (χ0v) is 12.6. The van der Waals surface area contributed by atoms with Crippen molar-refractivity contribution in [3.05, 3.63) is 42.0 Å². The Labute approximate surface area is 120 Å². The van der Waals surface area contributed by atoms with E-state index in [0.29, 0.717) is 19.8 Å². The molecule has 1 aromatic rings. The van der Waals surface area contributed by atoms with Crippen LogP contribution in [-0.2, 0) is 4.74 Å². The second kappa shape index (κ2) is 9.15. The highest BCUT2D eigenvalue weighted by atomic mass is 32.2. The van der Waals surface area contributed by atoms with Crippen molar-refractivity contribution >= 4 is 11.8 Å². The molecule has 3 N–H and O–H groups in total. The quantitative estimate of drug-likeness (QED) is 0.415. The Kier molecular flexibility index (Phi) is 7.82. The van der Waals surface area contributed by atoms with Gasteiger partial charge in [0.2, 0.25) is 0 Å². The summed E-state index contributed by atoms with van der Waals surface area (Å²) in [5, 5.41) is 3.41. The number of nitrogens with one attached hydrogen (secondary N) is 1. The van der Waals surface area contributed by atoms with Crippen LogP contribution in [0.2, 0.25) is 0 Å². The van der Waals surface area contributed by atoms with Crippen molar-refractivity contribution in [1.29, 1.82) is 0 Å². The molecule has 3 nitrogen and oxygen atoms in total. The molecule has 1 unspecified atom stereocenters. The van der Waals surface area contributed by atoms with Gasteiger partial charge in [-0.05, 0) is 30.9 Å². The summed E-state index contributed by atoms with van der Waals surface area (Å²) in [4.78, 5) is 1.27. The molecule has 1 atom stereocenters. The maximum absolute atomic E-state index is 5.82. The molecule has 19 heavy (non-hydrogen) atoms. The Morgan fingerprint density at radius 2 is 2.11 bits per heavy atom. The fraction of sp³-hybridized carbons (Fsp3) is 0.467. The van der Waals surface area contributed by atoms with E-state index >= 15 is 0 Å². The molecule has 1 aromatic carbocycles. The van der Waals surface area contributed by atoms with Gasteiger partial charge >= 0.3 is 0 Å². The largest absolute Gasteiger partial charge is 0.376 e. The van der Waals surface area contributed by atoms with Gasteiger partial charge in [-0.1, -0.05) is 24.3 Å². The number of rotatable bonds is 9. The minimum absolute atomic E-state index is 0.185. The van der Waals surface area contributed by atoms with E-state index < -0.39 is 0 Å². The van der Waals surface area contributed by atoms with Crippen LogP contribution in [0.25, 0.3) is 0 Å². The molecule has 0 spiro atoms. The fourth-order valence-corrected chi connectivity index (χ4v) is 2.13. The summed E-state index contributed by atoms with van der Waals surface area (Å²) in [6.45, 7) is 8.43. The third kappa shape index (κ3) is 6.25. The van der Waals surface area contributed by atoms with Gasteiger partial charge in [-0.3, -0.25) is 0 Å². The molecule has 0 radical (unpaired) electrons. The maximum atomic E-state index is 5.82. The van der Waals surface area contributed by atoms with Gasteiger partial charge < -0.3 is 15.8 Å². The molecule has 1 rings (SSSR count). The highest BCUT2D eigenvalue weighted by Crippen LogP contribution is 2.18. The van der Waals surface area contributed by atoms with Gasteiger partial charge in [-0.2, -0.15) is 0 Å². The number of benzene rings is 1. The standard InChI is InChI=1S/C15H24N2OS/c1-12(2)11-18-9-8-17-15(10-16)13-4-6-14(19-3)7-5-13/h4-7,15,17H,1,8-11,16H2,2-3H3. The molecule has 0 aliphatic carbocycles. The van der Waals surface area contributed by atoms with Crippen molar-refractivity contribution in [1.82, 2.24) is 5.32 Å². The van der Waals surface area contributed by atoms with Gasteiger partial charge in [0.05, 0.1) is 13.2 Å². The second-order valence-corrected chi connectivity index (χ2v) is 5.40. The van der Waals surface area contributed by atoms with Gasteiger partial charge in [-0.25, -0.2) is 0 Å². The molecule has 106 valence electrons. The van der Waals surface area contributed by atoms with Gasteiger partial charge in [0.1, 0.15) is 0 Å². The molecule has 0 aliphatic rings. The first-order chi connectivity index (χ1) is 9.17. The van der Waals surface area contributed by atoms with E-state index in [-0.39, 0.29) is 6.04 Å². The summed E-state index contributed by atoms with van der Waals surface area (Å²) in [5.74, 6) is 0. The molecule has 0 aliphatic heterocycles. The summed E-state index contributed by atoms with van der Waals surface area (Å²) < 4.78 is 5.46. The molecule has 4 heteroatoms. The first-order valence-corrected chi connectivity index (χ1v) is 7.69. The number of nitrogens with two attached hydrogens (primary N) is 1. The zero-order valence-electron chi connectivity index (χ0n) is 11.8. The van der Waals surface area contributed by atoms with E-state index in [4.69, 9.17) is 10.5 Å². The predicted octanol–water partition coefficient (Wildman–Crippen LogP) is 2.59. The van der Waals surface area contributed by atoms with Crippen LogP contribution in [0.15, 0.2) is 41.3 Å². The molecule has 0 heterocycles. The summed E-state index contributed by atoms with van der Waals surface area (Å²) >= 11 is 1.74. The van der Waals surface area contributed by atoms with Gasteiger partial charge in [0, 0.05) is 24.0 Å². The highest BCUT2D eigenvalue weighted by Gasteiger charge is 2.08. The second-order valence-electron chi connectivity index (χ2n) is 4.53. The van der Waals surface area contributed by atoms with E-state index in [0.717, 1.165) is 12.1 Å². The summed E-state index contributed by atoms with van der Waals surface area (Å²) in [6, 6.07) is 8.70. The first kappa shape index (κ1) is 16.2. The summed E-state index contributed by atoms with van der Waals surface area (Å²) in [6.07, 6.45) is 2.08. The summed E-state index contributed by atoms with van der Waals surface area (Å²) in [5.41, 5.74) is 8.08. The van der Waals surface area contributed by atoms with Crippen molar-refractivity contribution in [2.45, 2.75) is 17.9 Å².